The molecule has 0 bridgehead atoms. The Kier molecular flexibility index (Phi) is 5.23. The lowest BCUT2D eigenvalue weighted by Gasteiger charge is -2.31. The van der Waals surface area contributed by atoms with Gasteiger partial charge in [-0.25, -0.2) is 0 Å². The first-order valence-electron chi connectivity index (χ1n) is 9.95. The van der Waals surface area contributed by atoms with Crippen molar-refractivity contribution in [2.24, 2.45) is 0 Å². The van der Waals surface area contributed by atoms with Gasteiger partial charge in [-0.3, -0.25) is 14.7 Å². The van der Waals surface area contributed by atoms with E-state index in [1.54, 1.807) is 0 Å². The van der Waals surface area contributed by atoms with Crippen LogP contribution >= 0.6 is 0 Å². The molecule has 1 atom stereocenters. The van der Waals surface area contributed by atoms with Crippen molar-refractivity contribution in [2.45, 2.75) is 51.0 Å². The molecule has 1 aromatic carbocycles. The second-order valence-corrected chi connectivity index (χ2v) is 7.44. The van der Waals surface area contributed by atoms with Gasteiger partial charge in [0.15, 0.2) is 5.69 Å². The Morgan fingerprint density at radius 2 is 1.74 bits per heavy atom. The number of piperidine rings is 1. The SMILES string of the molecule is O=C(NC(C(=O)N1CCCCC1)c1ccccc1)c1n[nH]c2c1CCCC2. The van der Waals surface area contributed by atoms with Crippen molar-refractivity contribution < 1.29 is 9.59 Å². The third kappa shape index (κ3) is 3.75. The predicted molar refractivity (Wildman–Crippen MR) is 102 cm³/mol. The van der Waals surface area contributed by atoms with E-state index in [-0.39, 0.29) is 11.8 Å². The number of H-pyrrole nitrogens is 1. The zero-order valence-corrected chi connectivity index (χ0v) is 15.5. The summed E-state index contributed by atoms with van der Waals surface area (Å²) >= 11 is 0. The molecule has 0 spiro atoms. The van der Waals surface area contributed by atoms with Gasteiger partial charge < -0.3 is 10.2 Å². The molecule has 2 aromatic rings. The molecular weight excluding hydrogens is 340 g/mol. The van der Waals surface area contributed by atoms with Crippen molar-refractivity contribution in [3.05, 3.63) is 52.8 Å². The van der Waals surface area contributed by atoms with E-state index in [4.69, 9.17) is 0 Å². The van der Waals surface area contributed by atoms with Crippen molar-refractivity contribution in [1.29, 1.82) is 0 Å². The van der Waals surface area contributed by atoms with Crippen LogP contribution in [-0.4, -0.2) is 40.0 Å². The number of fused-ring (bicyclic) bond motifs is 1. The molecule has 1 fully saturated rings. The Labute approximate surface area is 159 Å². The molecular formula is C21H26N4O2. The third-order valence-electron chi connectivity index (χ3n) is 5.59. The summed E-state index contributed by atoms with van der Waals surface area (Å²) in [6.07, 6.45) is 7.20. The van der Waals surface area contributed by atoms with E-state index in [1.807, 2.05) is 35.2 Å². The Morgan fingerprint density at radius 1 is 1.00 bits per heavy atom. The minimum Gasteiger partial charge on any atom is -0.341 e. The van der Waals surface area contributed by atoms with E-state index < -0.39 is 6.04 Å². The number of hydrogen-bond acceptors (Lipinski definition) is 3. The van der Waals surface area contributed by atoms with Crippen LogP contribution in [0.5, 0.6) is 0 Å². The van der Waals surface area contributed by atoms with Gasteiger partial charge in [0.1, 0.15) is 6.04 Å². The quantitative estimate of drug-likeness (QED) is 0.873. The van der Waals surface area contributed by atoms with Crippen LogP contribution in [0.3, 0.4) is 0 Å². The molecule has 1 aliphatic carbocycles. The third-order valence-corrected chi connectivity index (χ3v) is 5.59. The highest BCUT2D eigenvalue weighted by molar-refractivity contribution is 5.97. The van der Waals surface area contributed by atoms with E-state index in [1.165, 1.54) is 0 Å². The molecule has 0 radical (unpaired) electrons. The molecule has 2 aliphatic rings. The molecule has 0 saturated carbocycles. The molecule has 1 aliphatic heterocycles. The maximum atomic E-state index is 13.2. The van der Waals surface area contributed by atoms with Gasteiger partial charge in [0, 0.05) is 24.3 Å². The molecule has 142 valence electrons. The van der Waals surface area contributed by atoms with Crippen LogP contribution in [0.25, 0.3) is 0 Å². The molecule has 2 heterocycles. The predicted octanol–water partition coefficient (Wildman–Crippen LogP) is 2.77. The molecule has 1 saturated heterocycles. The van der Waals surface area contributed by atoms with Crippen molar-refractivity contribution in [3.8, 4) is 0 Å². The molecule has 2 N–H and O–H groups in total. The van der Waals surface area contributed by atoms with Gasteiger partial charge >= 0.3 is 0 Å². The first-order chi connectivity index (χ1) is 13.2. The Balaban J connectivity index is 1.58. The average molecular weight is 366 g/mol. The highest BCUT2D eigenvalue weighted by atomic mass is 16.2. The number of aromatic nitrogens is 2. The van der Waals surface area contributed by atoms with Gasteiger partial charge in [0.2, 0.25) is 5.91 Å². The fourth-order valence-corrected chi connectivity index (χ4v) is 4.10. The van der Waals surface area contributed by atoms with Crippen molar-refractivity contribution >= 4 is 11.8 Å². The standard InChI is InChI=1S/C21H26N4O2/c26-20(19-16-11-5-6-12-17(16)23-24-19)22-18(15-9-3-1-4-10-15)21(27)25-13-7-2-8-14-25/h1,3-4,9-10,18H,2,5-8,11-14H2,(H,22,26)(H,23,24). The fourth-order valence-electron chi connectivity index (χ4n) is 4.10. The summed E-state index contributed by atoms with van der Waals surface area (Å²) in [7, 11) is 0. The smallest absolute Gasteiger partial charge is 0.272 e. The number of nitrogens with one attached hydrogen (secondary N) is 2. The van der Waals surface area contributed by atoms with E-state index in [0.717, 1.165) is 74.9 Å². The zero-order valence-electron chi connectivity index (χ0n) is 15.5. The van der Waals surface area contributed by atoms with Gasteiger partial charge in [-0.05, 0) is 50.5 Å². The van der Waals surface area contributed by atoms with Crippen molar-refractivity contribution in [1.82, 2.24) is 20.4 Å². The van der Waals surface area contributed by atoms with Gasteiger partial charge in [0.05, 0.1) is 0 Å². The molecule has 2 amide bonds. The number of aromatic amines is 1. The number of carbonyl (C=O) groups is 2. The second kappa shape index (κ2) is 7.94. The number of aryl methyl sites for hydroxylation is 1. The number of benzene rings is 1. The molecule has 4 rings (SSSR count). The van der Waals surface area contributed by atoms with Crippen LogP contribution in [0, 0.1) is 0 Å². The lowest BCUT2D eigenvalue weighted by molar-refractivity contribution is -0.134. The highest BCUT2D eigenvalue weighted by Crippen LogP contribution is 2.24. The van der Waals surface area contributed by atoms with E-state index in [9.17, 15) is 9.59 Å². The number of likely N-dealkylation sites (tertiary alicyclic amines) is 1. The minimum absolute atomic E-state index is 0.0290. The summed E-state index contributed by atoms with van der Waals surface area (Å²) in [6.45, 7) is 1.52. The molecule has 1 unspecified atom stereocenters. The zero-order chi connectivity index (χ0) is 18.6. The minimum atomic E-state index is -0.673. The highest BCUT2D eigenvalue weighted by Gasteiger charge is 2.30. The average Bonchev–Trinajstić information content (AvgIpc) is 3.17. The summed E-state index contributed by atoms with van der Waals surface area (Å²) in [5, 5.41) is 10.2. The van der Waals surface area contributed by atoms with Gasteiger partial charge in [-0.1, -0.05) is 30.3 Å². The van der Waals surface area contributed by atoms with Crippen LogP contribution < -0.4 is 5.32 Å². The van der Waals surface area contributed by atoms with E-state index >= 15 is 0 Å². The second-order valence-electron chi connectivity index (χ2n) is 7.44. The summed E-state index contributed by atoms with van der Waals surface area (Å²) in [6, 6.07) is 8.83. The maximum absolute atomic E-state index is 13.2. The van der Waals surface area contributed by atoms with Crippen molar-refractivity contribution in [2.75, 3.05) is 13.1 Å². The Hall–Kier alpha value is -2.63. The topological polar surface area (TPSA) is 78.1 Å². The number of hydrogen-bond donors (Lipinski definition) is 2. The largest absolute Gasteiger partial charge is 0.341 e. The van der Waals surface area contributed by atoms with Crippen LogP contribution in [0.2, 0.25) is 0 Å². The Bertz CT molecular complexity index is 809. The van der Waals surface area contributed by atoms with E-state index in [0.29, 0.717) is 5.69 Å². The monoisotopic (exact) mass is 366 g/mol. The summed E-state index contributed by atoms with van der Waals surface area (Å²) in [5.74, 6) is -0.299. The van der Waals surface area contributed by atoms with Crippen LogP contribution in [0.1, 0.15) is 65.5 Å². The van der Waals surface area contributed by atoms with Gasteiger partial charge in [-0.2, -0.15) is 5.10 Å². The lowest BCUT2D eigenvalue weighted by atomic mass is 9.95. The number of carbonyl (C=O) groups excluding carboxylic acids is 2. The number of rotatable bonds is 4. The van der Waals surface area contributed by atoms with Crippen LogP contribution in [0.15, 0.2) is 30.3 Å². The summed E-state index contributed by atoms with van der Waals surface area (Å²) in [5.41, 5.74) is 3.32. The van der Waals surface area contributed by atoms with Gasteiger partial charge in [0.25, 0.3) is 5.91 Å². The number of nitrogens with zero attached hydrogens (tertiary/aromatic N) is 2. The van der Waals surface area contributed by atoms with Gasteiger partial charge in [-0.15, -0.1) is 0 Å². The first-order valence-corrected chi connectivity index (χ1v) is 9.95. The molecule has 6 heteroatoms. The summed E-state index contributed by atoms with van der Waals surface area (Å²) in [4.78, 5) is 28.0. The lowest BCUT2D eigenvalue weighted by Crippen LogP contribution is -2.45. The first kappa shape index (κ1) is 17.8. The van der Waals surface area contributed by atoms with E-state index in [2.05, 4.69) is 15.5 Å². The normalized spacial score (nSPS) is 17.9. The fraction of sp³-hybridized carbons (Fsp3) is 0.476. The Morgan fingerprint density at radius 3 is 2.52 bits per heavy atom. The maximum Gasteiger partial charge on any atom is 0.272 e. The number of amides is 2. The molecule has 6 nitrogen and oxygen atoms in total. The molecule has 1 aromatic heterocycles. The van der Waals surface area contributed by atoms with Crippen LogP contribution in [0.4, 0.5) is 0 Å². The molecule has 27 heavy (non-hydrogen) atoms. The van der Waals surface area contributed by atoms with Crippen molar-refractivity contribution in [3.63, 3.8) is 0 Å². The summed E-state index contributed by atoms with van der Waals surface area (Å²) < 4.78 is 0. The van der Waals surface area contributed by atoms with Crippen LogP contribution in [-0.2, 0) is 17.6 Å².